The van der Waals surface area contributed by atoms with E-state index in [9.17, 15) is 4.79 Å². The van der Waals surface area contributed by atoms with Crippen LogP contribution < -0.4 is 10.9 Å². The first-order valence-electron chi connectivity index (χ1n) is 6.94. The first-order chi connectivity index (χ1) is 9.72. The molecule has 1 aliphatic heterocycles. The zero-order valence-corrected chi connectivity index (χ0v) is 11.4. The Morgan fingerprint density at radius 3 is 2.75 bits per heavy atom. The summed E-state index contributed by atoms with van der Waals surface area (Å²) in [5.41, 5.74) is 4.23. The second kappa shape index (κ2) is 5.37. The normalized spacial score (nSPS) is 17.4. The number of hydrogen-bond acceptors (Lipinski definition) is 2. The van der Waals surface area contributed by atoms with Crippen molar-refractivity contribution in [3.8, 4) is 0 Å². The predicted octanol–water partition coefficient (Wildman–Crippen LogP) is 2.49. The average Bonchev–Trinajstić information content (AvgIpc) is 2.46. The largest absolute Gasteiger partial charge is 0.382 e. The van der Waals surface area contributed by atoms with Gasteiger partial charge in [0.15, 0.2) is 0 Å². The van der Waals surface area contributed by atoms with Crippen molar-refractivity contribution in [2.45, 2.75) is 25.3 Å². The molecule has 0 radical (unpaired) electrons. The maximum atomic E-state index is 11.4. The first kappa shape index (κ1) is 12.7. The minimum absolute atomic E-state index is 0.0414. The van der Waals surface area contributed by atoms with Crippen LogP contribution in [0.25, 0.3) is 5.70 Å². The van der Waals surface area contributed by atoms with Crippen LogP contribution in [-0.4, -0.2) is 11.0 Å². The van der Waals surface area contributed by atoms with E-state index in [0.717, 1.165) is 36.2 Å². The van der Waals surface area contributed by atoms with Gasteiger partial charge in [-0.3, -0.25) is 4.79 Å². The Balaban J connectivity index is 1.71. The maximum Gasteiger partial charge on any atom is 0.248 e. The minimum Gasteiger partial charge on any atom is -0.382 e. The topological polar surface area (TPSA) is 44.9 Å². The molecule has 3 heteroatoms. The second-order valence-electron chi connectivity index (χ2n) is 5.26. The summed E-state index contributed by atoms with van der Waals surface area (Å²) >= 11 is 0. The molecule has 102 valence electrons. The predicted molar refractivity (Wildman–Crippen MR) is 81.5 cm³/mol. The molecule has 2 N–H and O–H groups in total. The molecule has 0 fully saturated rings. The van der Waals surface area contributed by atoms with Crippen LogP contribution in [0.15, 0.2) is 53.8 Å². The highest BCUT2D eigenvalue weighted by Crippen LogP contribution is 2.22. The maximum absolute atomic E-state index is 11.4. The van der Waals surface area contributed by atoms with E-state index in [-0.39, 0.29) is 5.56 Å². The molecule has 0 saturated carbocycles. The molecule has 3 rings (SSSR count). The summed E-state index contributed by atoms with van der Waals surface area (Å²) < 4.78 is 0. The Morgan fingerprint density at radius 2 is 1.95 bits per heavy atom. The summed E-state index contributed by atoms with van der Waals surface area (Å²) in [6.07, 6.45) is 2.90. The van der Waals surface area contributed by atoms with Crippen LogP contribution >= 0.6 is 0 Å². The van der Waals surface area contributed by atoms with Crippen LogP contribution in [0.5, 0.6) is 0 Å². The summed E-state index contributed by atoms with van der Waals surface area (Å²) in [4.78, 5) is 14.4. The molecule has 2 heterocycles. The Kier molecular flexibility index (Phi) is 3.42. The van der Waals surface area contributed by atoms with Gasteiger partial charge in [-0.1, -0.05) is 36.9 Å². The number of fused-ring (bicyclic) bond motifs is 1. The van der Waals surface area contributed by atoms with Crippen molar-refractivity contribution in [1.29, 1.82) is 0 Å². The molecule has 3 nitrogen and oxygen atoms in total. The fourth-order valence-corrected chi connectivity index (χ4v) is 2.74. The minimum atomic E-state index is -0.0414. The molecule has 0 bridgehead atoms. The summed E-state index contributed by atoms with van der Waals surface area (Å²) in [6, 6.07) is 14.2. The van der Waals surface area contributed by atoms with Crippen LogP contribution in [0.1, 0.15) is 23.2 Å². The Hall–Kier alpha value is -2.29. The number of rotatable bonds is 3. The molecule has 1 unspecified atom stereocenters. The number of aryl methyl sites for hydroxylation is 1. The summed E-state index contributed by atoms with van der Waals surface area (Å²) in [5, 5.41) is 3.45. The number of benzene rings is 1. The highest BCUT2D eigenvalue weighted by Gasteiger charge is 2.20. The highest BCUT2D eigenvalue weighted by molar-refractivity contribution is 5.65. The molecule has 0 aliphatic carbocycles. The summed E-state index contributed by atoms with van der Waals surface area (Å²) in [5.74, 6) is 0. The Bertz CT molecular complexity index is 673. The summed E-state index contributed by atoms with van der Waals surface area (Å²) in [7, 11) is 0. The van der Waals surface area contributed by atoms with E-state index in [2.05, 4.69) is 41.1 Å². The molecular weight excluding hydrogens is 248 g/mol. The van der Waals surface area contributed by atoms with Crippen LogP contribution in [0.2, 0.25) is 0 Å². The molecule has 0 spiro atoms. The van der Waals surface area contributed by atoms with Crippen molar-refractivity contribution in [2.24, 2.45) is 0 Å². The quantitative estimate of drug-likeness (QED) is 0.896. The van der Waals surface area contributed by atoms with Crippen LogP contribution in [0.3, 0.4) is 0 Å². The Labute approximate surface area is 118 Å². The molecule has 1 atom stereocenters. The first-order valence-corrected chi connectivity index (χ1v) is 6.94. The van der Waals surface area contributed by atoms with E-state index in [0.29, 0.717) is 6.04 Å². The van der Waals surface area contributed by atoms with Gasteiger partial charge >= 0.3 is 0 Å². The molecule has 2 aromatic rings. The second-order valence-corrected chi connectivity index (χ2v) is 5.26. The lowest BCUT2D eigenvalue weighted by atomic mass is 9.94. The monoisotopic (exact) mass is 266 g/mol. The third-order valence-corrected chi connectivity index (χ3v) is 3.78. The van der Waals surface area contributed by atoms with Gasteiger partial charge in [0.05, 0.1) is 0 Å². The van der Waals surface area contributed by atoms with E-state index in [4.69, 9.17) is 0 Å². The van der Waals surface area contributed by atoms with Crippen molar-refractivity contribution < 1.29 is 0 Å². The molecule has 0 amide bonds. The summed E-state index contributed by atoms with van der Waals surface area (Å²) in [6.45, 7) is 4.06. The average molecular weight is 266 g/mol. The van der Waals surface area contributed by atoms with Crippen LogP contribution in [0.4, 0.5) is 0 Å². The molecule has 20 heavy (non-hydrogen) atoms. The SMILES string of the molecule is C=C1NC(CCc2ccccc2)Cc2[nH]c(=O)ccc21. The zero-order valence-electron chi connectivity index (χ0n) is 11.4. The third kappa shape index (κ3) is 2.67. The standard InChI is InChI=1S/C17H18N2O/c1-12-15-9-10-17(20)19-16(15)11-14(18-12)8-7-13-5-3-2-4-6-13/h2-6,9-10,14,18H,1,7-8,11H2,(H,19,20). The van der Waals surface area contributed by atoms with E-state index in [1.807, 2.05) is 12.1 Å². The van der Waals surface area contributed by atoms with Crippen molar-refractivity contribution in [3.05, 3.63) is 76.2 Å². The van der Waals surface area contributed by atoms with Crippen molar-refractivity contribution in [2.75, 3.05) is 0 Å². The smallest absolute Gasteiger partial charge is 0.248 e. The number of aromatic nitrogens is 1. The van der Waals surface area contributed by atoms with E-state index < -0.39 is 0 Å². The number of hydrogen-bond donors (Lipinski definition) is 2. The van der Waals surface area contributed by atoms with E-state index in [1.54, 1.807) is 6.07 Å². The van der Waals surface area contributed by atoms with Gasteiger partial charge in [0.25, 0.3) is 0 Å². The number of H-pyrrole nitrogens is 1. The molecule has 1 aliphatic rings. The number of aromatic amines is 1. The van der Waals surface area contributed by atoms with Crippen molar-refractivity contribution in [1.82, 2.24) is 10.3 Å². The lowest BCUT2D eigenvalue weighted by Crippen LogP contribution is -2.36. The van der Waals surface area contributed by atoms with Gasteiger partial charge < -0.3 is 10.3 Å². The lowest BCUT2D eigenvalue weighted by Gasteiger charge is -2.28. The van der Waals surface area contributed by atoms with E-state index in [1.165, 1.54) is 5.56 Å². The molecule has 1 aromatic heterocycles. The Morgan fingerprint density at radius 1 is 1.15 bits per heavy atom. The van der Waals surface area contributed by atoms with Gasteiger partial charge in [-0.15, -0.1) is 0 Å². The highest BCUT2D eigenvalue weighted by atomic mass is 16.1. The lowest BCUT2D eigenvalue weighted by molar-refractivity contribution is 0.527. The van der Waals surface area contributed by atoms with Gasteiger partial charge in [0.2, 0.25) is 5.56 Å². The van der Waals surface area contributed by atoms with Gasteiger partial charge in [-0.2, -0.15) is 0 Å². The van der Waals surface area contributed by atoms with Gasteiger partial charge in [-0.25, -0.2) is 0 Å². The van der Waals surface area contributed by atoms with Crippen molar-refractivity contribution >= 4 is 5.70 Å². The fraction of sp³-hybridized carbons (Fsp3) is 0.235. The third-order valence-electron chi connectivity index (χ3n) is 3.78. The van der Waals surface area contributed by atoms with Gasteiger partial charge in [0, 0.05) is 35.5 Å². The number of pyridine rings is 1. The zero-order chi connectivity index (χ0) is 13.9. The van der Waals surface area contributed by atoms with Crippen molar-refractivity contribution in [3.63, 3.8) is 0 Å². The van der Waals surface area contributed by atoms with Crippen LogP contribution in [-0.2, 0) is 12.8 Å². The molecular formula is C17H18N2O. The number of nitrogens with one attached hydrogen (secondary N) is 2. The molecule has 0 saturated heterocycles. The van der Waals surface area contributed by atoms with Gasteiger partial charge in [0.1, 0.15) is 0 Å². The van der Waals surface area contributed by atoms with E-state index >= 15 is 0 Å². The van der Waals surface area contributed by atoms with Crippen LogP contribution in [0, 0.1) is 0 Å². The fourth-order valence-electron chi connectivity index (χ4n) is 2.74. The molecule has 1 aromatic carbocycles. The van der Waals surface area contributed by atoms with Gasteiger partial charge in [-0.05, 0) is 24.5 Å².